The first kappa shape index (κ1) is 42.9. The van der Waals surface area contributed by atoms with Gasteiger partial charge in [-0.25, -0.2) is 9.59 Å². The third kappa shape index (κ3) is 7.45. The van der Waals surface area contributed by atoms with E-state index in [0.29, 0.717) is 17.7 Å². The molecule has 2 unspecified atom stereocenters. The molecule has 3 N–H and O–H groups in total. The van der Waals surface area contributed by atoms with E-state index >= 15 is 0 Å². The molecular formula is C48H72N4O6. The molecule has 320 valence electrons. The number of hydrogen-bond acceptors (Lipinski definition) is 8. The summed E-state index contributed by atoms with van der Waals surface area (Å²) < 4.78 is 11.8. The lowest BCUT2D eigenvalue weighted by Crippen LogP contribution is -2.65. The van der Waals surface area contributed by atoms with E-state index in [0.717, 1.165) is 103 Å². The van der Waals surface area contributed by atoms with Gasteiger partial charge in [-0.1, -0.05) is 72.2 Å². The Hall–Kier alpha value is -3.24. The Morgan fingerprint density at radius 3 is 2.21 bits per heavy atom. The van der Waals surface area contributed by atoms with Crippen LogP contribution in [0, 0.1) is 50.2 Å². The number of allylic oxidation sites excluding steroid dienone is 2. The Morgan fingerprint density at radius 1 is 0.810 bits per heavy atom. The lowest BCUT2D eigenvalue weighted by molar-refractivity contribution is -0.204. The molecule has 4 saturated carbocycles. The van der Waals surface area contributed by atoms with Crippen molar-refractivity contribution in [2.45, 2.75) is 126 Å². The van der Waals surface area contributed by atoms with Crippen molar-refractivity contribution in [2.24, 2.45) is 50.2 Å². The molecule has 1 aromatic carbocycles. The number of nitrogens with one attached hydrogen (secondary N) is 3. The molecule has 0 spiro atoms. The minimum atomic E-state index is -0.610. The molecule has 2 amide bonds. The van der Waals surface area contributed by atoms with Crippen molar-refractivity contribution < 1.29 is 28.7 Å². The standard InChI is InChI=1S/C48H72N4O6/c1-32(53)50-26-30-57-40(54)33-11-9-10-12-34(33)41(55)58-39-16-17-45(6)37(44(39,4)5)15-18-47(8)38(45)14-13-35-36-31-43(2,3)19-21-48(36,22-20-46(35,47)7)42(56)51-25-29-52-27-23-49-24-28-52/h9-13,36-39,49H,14-31H2,1-8H3,(H,50,53)(H,51,56)/t36?,37-,38?,39-,45-,46+,47+,48-/m0/s1. The number of carbonyl (C=O) groups is 4. The van der Waals surface area contributed by atoms with Crippen LogP contribution in [0.3, 0.4) is 0 Å². The molecule has 8 atom stereocenters. The minimum absolute atomic E-state index is 0.0136. The molecule has 7 rings (SSSR count). The summed E-state index contributed by atoms with van der Waals surface area (Å²) in [6.07, 6.45) is 12.4. The van der Waals surface area contributed by atoms with Crippen LogP contribution in [0.15, 0.2) is 35.9 Å². The van der Waals surface area contributed by atoms with Gasteiger partial charge >= 0.3 is 11.9 Å². The van der Waals surface area contributed by atoms with Gasteiger partial charge in [0.1, 0.15) is 12.7 Å². The molecule has 1 aliphatic heterocycles. The molecule has 1 aromatic rings. The fourth-order valence-corrected chi connectivity index (χ4v) is 13.8. The Morgan fingerprint density at radius 2 is 1.50 bits per heavy atom. The van der Waals surface area contributed by atoms with Gasteiger partial charge in [0.2, 0.25) is 11.8 Å². The van der Waals surface area contributed by atoms with Crippen LogP contribution >= 0.6 is 0 Å². The zero-order chi connectivity index (χ0) is 41.7. The number of benzene rings is 1. The molecular weight excluding hydrogens is 729 g/mol. The van der Waals surface area contributed by atoms with Crippen LogP contribution in [0.2, 0.25) is 0 Å². The van der Waals surface area contributed by atoms with Crippen molar-refractivity contribution in [3.63, 3.8) is 0 Å². The molecule has 1 heterocycles. The van der Waals surface area contributed by atoms with Crippen molar-refractivity contribution in [3.8, 4) is 0 Å². The van der Waals surface area contributed by atoms with E-state index in [1.807, 2.05) is 0 Å². The summed E-state index contributed by atoms with van der Waals surface area (Å²) in [4.78, 5) is 55.2. The van der Waals surface area contributed by atoms with Gasteiger partial charge in [-0.2, -0.15) is 0 Å². The Balaban J connectivity index is 1.09. The van der Waals surface area contributed by atoms with Gasteiger partial charge in [-0.15, -0.1) is 0 Å². The van der Waals surface area contributed by atoms with E-state index in [-0.39, 0.29) is 74.7 Å². The molecule has 0 radical (unpaired) electrons. The highest BCUT2D eigenvalue weighted by molar-refractivity contribution is 6.03. The zero-order valence-corrected chi connectivity index (χ0v) is 36.8. The number of amides is 2. The number of fused-ring (bicyclic) bond motifs is 7. The summed E-state index contributed by atoms with van der Waals surface area (Å²) in [6.45, 7) is 24.5. The highest BCUT2D eigenvalue weighted by Crippen LogP contribution is 2.76. The molecule has 5 fully saturated rings. The van der Waals surface area contributed by atoms with Crippen LogP contribution in [-0.4, -0.2) is 87.2 Å². The number of esters is 2. The SMILES string of the molecule is CC(=O)NCCOC(=O)c1ccccc1C(=O)O[C@H]1CC[C@]2(C)C3CC=C4C5CC(C)(C)CC[C@]5(C(=O)NCCN5CCNCC5)CC[C@@]4(C)[C@]3(C)CC[C@H]2C1(C)C. The highest BCUT2D eigenvalue weighted by atomic mass is 16.5. The maximum absolute atomic E-state index is 14.5. The average molecular weight is 801 g/mol. The molecule has 6 aliphatic rings. The van der Waals surface area contributed by atoms with Crippen molar-refractivity contribution in [1.29, 1.82) is 0 Å². The van der Waals surface area contributed by atoms with E-state index in [1.54, 1.807) is 29.8 Å². The van der Waals surface area contributed by atoms with Crippen LogP contribution in [0.25, 0.3) is 0 Å². The number of hydrogen-bond donors (Lipinski definition) is 3. The van der Waals surface area contributed by atoms with Crippen LogP contribution in [0.5, 0.6) is 0 Å². The van der Waals surface area contributed by atoms with Crippen LogP contribution in [0.4, 0.5) is 0 Å². The van der Waals surface area contributed by atoms with E-state index in [9.17, 15) is 19.2 Å². The number of carbonyl (C=O) groups excluding carboxylic acids is 4. The first-order valence-corrected chi connectivity index (χ1v) is 22.5. The smallest absolute Gasteiger partial charge is 0.339 e. The second-order valence-corrected chi connectivity index (χ2v) is 21.1. The van der Waals surface area contributed by atoms with E-state index in [2.05, 4.69) is 75.4 Å². The third-order valence-corrected chi connectivity index (χ3v) is 17.3. The van der Waals surface area contributed by atoms with Gasteiger partial charge in [0.15, 0.2) is 0 Å². The molecule has 5 aliphatic carbocycles. The van der Waals surface area contributed by atoms with Crippen molar-refractivity contribution >= 4 is 23.8 Å². The lowest BCUT2D eigenvalue weighted by Gasteiger charge is -2.71. The fraction of sp³-hybridized carbons (Fsp3) is 0.750. The van der Waals surface area contributed by atoms with Gasteiger partial charge in [0.05, 0.1) is 23.1 Å². The maximum atomic E-state index is 14.5. The molecule has 1 saturated heterocycles. The first-order valence-electron chi connectivity index (χ1n) is 22.5. The summed E-state index contributed by atoms with van der Waals surface area (Å²) in [5.41, 5.74) is 1.71. The summed E-state index contributed by atoms with van der Waals surface area (Å²) >= 11 is 0. The van der Waals surface area contributed by atoms with Gasteiger partial charge < -0.3 is 25.4 Å². The van der Waals surface area contributed by atoms with Crippen molar-refractivity contribution in [3.05, 3.63) is 47.0 Å². The number of nitrogens with zero attached hydrogens (tertiary/aromatic N) is 1. The summed E-state index contributed by atoms with van der Waals surface area (Å²) in [5.74, 6) is 0.0921. The number of piperazine rings is 1. The quantitative estimate of drug-likeness (QED) is 0.128. The largest absolute Gasteiger partial charge is 0.460 e. The highest BCUT2D eigenvalue weighted by Gasteiger charge is 2.69. The van der Waals surface area contributed by atoms with Crippen LogP contribution in [-0.2, 0) is 19.1 Å². The summed E-state index contributed by atoms with van der Waals surface area (Å²) in [5, 5.41) is 9.55. The predicted molar refractivity (Wildman–Crippen MR) is 226 cm³/mol. The van der Waals surface area contributed by atoms with E-state index < -0.39 is 11.9 Å². The molecule has 58 heavy (non-hydrogen) atoms. The molecule has 10 nitrogen and oxygen atoms in total. The summed E-state index contributed by atoms with van der Waals surface area (Å²) in [6, 6.07) is 6.69. The normalized spacial score (nSPS) is 36.4. The van der Waals surface area contributed by atoms with Crippen molar-refractivity contribution in [1.82, 2.24) is 20.9 Å². The third-order valence-electron chi connectivity index (χ3n) is 17.3. The zero-order valence-electron chi connectivity index (χ0n) is 36.8. The fourth-order valence-electron chi connectivity index (χ4n) is 13.8. The van der Waals surface area contributed by atoms with Crippen LogP contribution < -0.4 is 16.0 Å². The Kier molecular flexibility index (Phi) is 11.8. The Labute approximate surface area is 347 Å². The molecule has 10 heteroatoms. The van der Waals surface area contributed by atoms with Crippen molar-refractivity contribution in [2.75, 3.05) is 52.4 Å². The monoisotopic (exact) mass is 801 g/mol. The number of rotatable bonds is 10. The predicted octanol–water partition coefficient (Wildman–Crippen LogP) is 7.33. The topological polar surface area (TPSA) is 126 Å². The second-order valence-electron chi connectivity index (χ2n) is 21.1. The minimum Gasteiger partial charge on any atom is -0.460 e. The number of ether oxygens (including phenoxy) is 2. The van der Waals surface area contributed by atoms with Gasteiger partial charge in [0, 0.05) is 51.6 Å². The molecule has 0 aromatic heterocycles. The van der Waals surface area contributed by atoms with Gasteiger partial charge in [-0.3, -0.25) is 14.5 Å². The first-order chi connectivity index (χ1) is 27.4. The Bertz CT molecular complexity index is 1780. The van der Waals surface area contributed by atoms with Gasteiger partial charge in [0.25, 0.3) is 0 Å². The summed E-state index contributed by atoms with van der Waals surface area (Å²) in [7, 11) is 0. The van der Waals surface area contributed by atoms with Gasteiger partial charge in [-0.05, 0) is 116 Å². The maximum Gasteiger partial charge on any atom is 0.339 e. The second kappa shape index (κ2) is 16.0. The van der Waals surface area contributed by atoms with E-state index in [4.69, 9.17) is 9.47 Å². The van der Waals surface area contributed by atoms with E-state index in [1.165, 1.54) is 6.92 Å². The van der Waals surface area contributed by atoms with Crippen LogP contribution in [0.1, 0.15) is 140 Å². The lowest BCUT2D eigenvalue weighted by atomic mass is 9.33. The molecule has 0 bridgehead atoms. The average Bonchev–Trinajstić information content (AvgIpc) is 3.18.